The largest absolute Gasteiger partial charge is 0.511 e. The number of carbonyl (C=O) groups is 1. The van der Waals surface area contributed by atoms with E-state index in [-0.39, 0.29) is 11.6 Å². The van der Waals surface area contributed by atoms with Gasteiger partial charge in [0.1, 0.15) is 6.61 Å². The number of hydrogen-bond donors (Lipinski definition) is 1. The first-order chi connectivity index (χ1) is 13.0. The lowest BCUT2D eigenvalue weighted by Gasteiger charge is -2.26. The number of nitrogens with zero attached hydrogens (tertiary/aromatic N) is 3. The zero-order valence-electron chi connectivity index (χ0n) is 15.6. The molecule has 2 heterocycles. The van der Waals surface area contributed by atoms with Crippen LogP contribution in [-0.4, -0.2) is 65.4 Å². The van der Waals surface area contributed by atoms with Crippen molar-refractivity contribution in [3.8, 4) is 17.3 Å². The Bertz CT molecular complexity index is 751. The van der Waals surface area contributed by atoms with Crippen LogP contribution in [0, 0.1) is 0 Å². The molecule has 0 aliphatic carbocycles. The van der Waals surface area contributed by atoms with E-state index < -0.39 is 6.16 Å². The van der Waals surface area contributed by atoms with Gasteiger partial charge in [0.05, 0.1) is 25.1 Å². The van der Waals surface area contributed by atoms with E-state index >= 15 is 0 Å². The number of ether oxygens (including phenoxy) is 3. The van der Waals surface area contributed by atoms with E-state index in [9.17, 15) is 4.79 Å². The molecule has 1 aromatic heterocycles. The van der Waals surface area contributed by atoms with Gasteiger partial charge in [-0.05, 0) is 23.6 Å². The van der Waals surface area contributed by atoms with Crippen molar-refractivity contribution in [1.29, 1.82) is 0 Å². The first kappa shape index (κ1) is 19.2. The number of hydrogen-bond acceptors (Lipinski definition) is 6. The molecule has 0 spiro atoms. The molecule has 1 N–H and O–H groups in total. The second-order valence-corrected chi connectivity index (χ2v) is 6.64. The summed E-state index contributed by atoms with van der Waals surface area (Å²) in [5.74, 6) is 0.784. The highest BCUT2D eigenvalue weighted by Crippen LogP contribution is 2.30. The average molecular weight is 375 g/mol. The smallest absolute Gasteiger partial charge is 0.474 e. The summed E-state index contributed by atoms with van der Waals surface area (Å²) in [6, 6.07) is 7.91. The molecule has 8 nitrogen and oxygen atoms in total. The monoisotopic (exact) mass is 375 g/mol. The minimum atomic E-state index is -1.40. The van der Waals surface area contributed by atoms with Crippen LogP contribution < -0.4 is 9.47 Å². The summed E-state index contributed by atoms with van der Waals surface area (Å²) in [6.07, 6.45) is -0.0445. The molecule has 0 saturated carbocycles. The number of aromatic nitrogens is 2. The zero-order valence-corrected chi connectivity index (χ0v) is 15.6. The Labute approximate surface area is 158 Å². The molecule has 0 amide bonds. The Morgan fingerprint density at radius 3 is 2.59 bits per heavy atom. The summed E-state index contributed by atoms with van der Waals surface area (Å²) in [5, 5.41) is 13.2. The molecule has 1 aliphatic heterocycles. The van der Waals surface area contributed by atoms with Gasteiger partial charge in [-0.3, -0.25) is 4.90 Å². The maximum Gasteiger partial charge on any atom is 0.511 e. The van der Waals surface area contributed by atoms with Crippen molar-refractivity contribution in [3.05, 3.63) is 36.0 Å². The normalized spacial score (nSPS) is 15.1. The Hall–Kier alpha value is -2.58. The van der Waals surface area contributed by atoms with Gasteiger partial charge in [-0.15, -0.1) is 0 Å². The highest BCUT2D eigenvalue weighted by atomic mass is 16.7. The summed E-state index contributed by atoms with van der Waals surface area (Å²) in [4.78, 5) is 13.2. The molecular weight excluding hydrogens is 350 g/mol. The van der Waals surface area contributed by atoms with Crippen molar-refractivity contribution < 1.29 is 24.1 Å². The maximum atomic E-state index is 11.0. The molecule has 2 aromatic rings. The molecular formula is C19H25N3O5. The molecule has 0 radical (unpaired) electrons. The van der Waals surface area contributed by atoms with Crippen LogP contribution in [0.3, 0.4) is 0 Å². The molecule has 27 heavy (non-hydrogen) atoms. The van der Waals surface area contributed by atoms with E-state index in [1.807, 2.05) is 24.3 Å². The van der Waals surface area contributed by atoms with E-state index in [1.54, 1.807) is 4.68 Å². The van der Waals surface area contributed by atoms with E-state index in [4.69, 9.17) is 19.3 Å². The standard InChI is InChI=1S/C19H25N3O5/c1-14(2)15-3-5-16(6-4-15)22-18(17(13-20-22)27-19(23)24)26-12-9-21-7-10-25-11-8-21/h3-6,13-14H,7-12H2,1-2H3,(H,23,24). The molecule has 146 valence electrons. The average Bonchev–Trinajstić information content (AvgIpc) is 3.04. The number of rotatable bonds is 7. The van der Waals surface area contributed by atoms with Crippen molar-refractivity contribution in [2.75, 3.05) is 39.5 Å². The maximum absolute atomic E-state index is 11.0. The number of morpholine rings is 1. The predicted molar refractivity (Wildman–Crippen MR) is 99.1 cm³/mol. The summed E-state index contributed by atoms with van der Waals surface area (Å²) < 4.78 is 17.6. The van der Waals surface area contributed by atoms with Crippen molar-refractivity contribution in [2.45, 2.75) is 19.8 Å². The third kappa shape index (κ3) is 4.99. The Morgan fingerprint density at radius 2 is 1.96 bits per heavy atom. The second kappa shape index (κ2) is 8.88. The number of carboxylic acid groups (broad SMARTS) is 1. The first-order valence-corrected chi connectivity index (χ1v) is 9.06. The number of benzene rings is 1. The second-order valence-electron chi connectivity index (χ2n) is 6.64. The fraction of sp³-hybridized carbons (Fsp3) is 0.474. The Kier molecular flexibility index (Phi) is 6.31. The van der Waals surface area contributed by atoms with Crippen molar-refractivity contribution >= 4 is 6.16 Å². The van der Waals surface area contributed by atoms with Crippen LogP contribution in [0.1, 0.15) is 25.3 Å². The molecule has 1 fully saturated rings. The first-order valence-electron chi connectivity index (χ1n) is 9.06. The highest BCUT2D eigenvalue weighted by Gasteiger charge is 2.19. The van der Waals surface area contributed by atoms with Crippen molar-refractivity contribution in [3.63, 3.8) is 0 Å². The van der Waals surface area contributed by atoms with Gasteiger partial charge < -0.3 is 19.3 Å². The van der Waals surface area contributed by atoms with Crippen molar-refractivity contribution in [1.82, 2.24) is 14.7 Å². The van der Waals surface area contributed by atoms with Gasteiger partial charge in [0.15, 0.2) is 0 Å². The third-order valence-corrected chi connectivity index (χ3v) is 4.45. The molecule has 8 heteroatoms. The van der Waals surface area contributed by atoms with Gasteiger partial charge >= 0.3 is 6.16 Å². The molecule has 0 atom stereocenters. The summed E-state index contributed by atoms with van der Waals surface area (Å²) in [5.41, 5.74) is 1.99. The predicted octanol–water partition coefficient (Wildman–Crippen LogP) is 2.76. The summed E-state index contributed by atoms with van der Waals surface area (Å²) in [6.45, 7) is 8.51. The Balaban J connectivity index is 1.76. The molecule has 1 aliphatic rings. The Morgan fingerprint density at radius 1 is 1.26 bits per heavy atom. The van der Waals surface area contributed by atoms with Crippen LogP contribution >= 0.6 is 0 Å². The van der Waals surface area contributed by atoms with Crippen LogP contribution in [-0.2, 0) is 4.74 Å². The topological polar surface area (TPSA) is 86.1 Å². The molecule has 3 rings (SSSR count). The highest BCUT2D eigenvalue weighted by molar-refractivity contribution is 5.62. The SMILES string of the molecule is CC(C)c1ccc(-n2ncc(OC(=O)O)c2OCCN2CCOCC2)cc1. The molecule has 1 aromatic carbocycles. The minimum Gasteiger partial charge on any atom is -0.474 e. The van der Waals surface area contributed by atoms with Gasteiger partial charge in [0.2, 0.25) is 5.75 Å². The molecule has 0 unspecified atom stereocenters. The van der Waals surface area contributed by atoms with Crippen LogP contribution in [0.5, 0.6) is 11.6 Å². The van der Waals surface area contributed by atoms with E-state index in [0.717, 1.165) is 18.8 Å². The minimum absolute atomic E-state index is 0.0809. The van der Waals surface area contributed by atoms with E-state index in [1.165, 1.54) is 11.8 Å². The van der Waals surface area contributed by atoms with Gasteiger partial charge in [-0.1, -0.05) is 26.0 Å². The van der Waals surface area contributed by atoms with Crippen LogP contribution in [0.15, 0.2) is 30.5 Å². The lowest BCUT2D eigenvalue weighted by molar-refractivity contribution is 0.0316. The van der Waals surface area contributed by atoms with Gasteiger partial charge in [0.25, 0.3) is 5.88 Å². The van der Waals surface area contributed by atoms with Gasteiger partial charge in [-0.25, -0.2) is 4.79 Å². The quantitative estimate of drug-likeness (QED) is 0.745. The van der Waals surface area contributed by atoms with Crippen LogP contribution in [0.2, 0.25) is 0 Å². The molecule has 0 bridgehead atoms. The van der Waals surface area contributed by atoms with Crippen molar-refractivity contribution in [2.24, 2.45) is 0 Å². The fourth-order valence-corrected chi connectivity index (χ4v) is 2.90. The van der Waals surface area contributed by atoms with Gasteiger partial charge in [0, 0.05) is 19.6 Å². The lowest BCUT2D eigenvalue weighted by atomic mass is 10.0. The summed E-state index contributed by atoms with van der Waals surface area (Å²) in [7, 11) is 0. The van der Waals surface area contributed by atoms with Crippen LogP contribution in [0.4, 0.5) is 4.79 Å². The van der Waals surface area contributed by atoms with E-state index in [2.05, 4.69) is 23.8 Å². The molecule has 1 saturated heterocycles. The lowest BCUT2D eigenvalue weighted by Crippen LogP contribution is -2.38. The van der Waals surface area contributed by atoms with Crippen LogP contribution in [0.25, 0.3) is 5.69 Å². The third-order valence-electron chi connectivity index (χ3n) is 4.45. The fourth-order valence-electron chi connectivity index (χ4n) is 2.90. The summed E-state index contributed by atoms with van der Waals surface area (Å²) >= 11 is 0. The zero-order chi connectivity index (χ0) is 19.2. The van der Waals surface area contributed by atoms with E-state index in [0.29, 0.717) is 32.3 Å². The van der Waals surface area contributed by atoms with Gasteiger partial charge in [-0.2, -0.15) is 9.78 Å².